The van der Waals surface area contributed by atoms with E-state index in [1.54, 1.807) is 0 Å². The molecule has 0 saturated heterocycles. The van der Waals surface area contributed by atoms with Crippen molar-refractivity contribution in [3.05, 3.63) is 48.2 Å². The molecule has 0 saturated carbocycles. The summed E-state index contributed by atoms with van der Waals surface area (Å²) in [6.45, 7) is 4.26. The van der Waals surface area contributed by atoms with Crippen LogP contribution in [-0.4, -0.2) is 9.97 Å². The summed E-state index contributed by atoms with van der Waals surface area (Å²) < 4.78 is 12.9. The van der Waals surface area contributed by atoms with Gasteiger partial charge in [-0.2, -0.15) is 4.39 Å². The Hall–Kier alpha value is -1.97. The van der Waals surface area contributed by atoms with Crippen molar-refractivity contribution in [1.82, 2.24) is 9.97 Å². The molecule has 1 aromatic carbocycles. The molecule has 0 aliphatic heterocycles. The Morgan fingerprint density at radius 1 is 1.18 bits per heavy atom. The van der Waals surface area contributed by atoms with Crippen LogP contribution in [0, 0.1) is 5.95 Å². The number of hydrogen-bond acceptors (Lipinski definition) is 3. The Kier molecular flexibility index (Phi) is 3.32. The van der Waals surface area contributed by atoms with Crippen molar-refractivity contribution in [2.24, 2.45) is 0 Å². The van der Waals surface area contributed by atoms with Crippen LogP contribution in [0.25, 0.3) is 0 Å². The molecule has 4 heteroatoms. The standard InChI is InChI=1S/C13H14FN3/c1-9(2)10-4-3-5-11(6-10)17-13-7-12(14)15-8-16-13/h3-9H,1-2H3,(H,15,16,17). The van der Waals surface area contributed by atoms with Crippen LogP contribution in [0.2, 0.25) is 0 Å². The largest absolute Gasteiger partial charge is 0.340 e. The Morgan fingerprint density at radius 3 is 2.71 bits per heavy atom. The van der Waals surface area contributed by atoms with Gasteiger partial charge in [-0.25, -0.2) is 9.97 Å². The van der Waals surface area contributed by atoms with Crippen LogP contribution in [0.3, 0.4) is 0 Å². The van der Waals surface area contributed by atoms with Gasteiger partial charge in [0, 0.05) is 11.8 Å². The molecule has 1 N–H and O–H groups in total. The number of nitrogens with one attached hydrogen (secondary N) is 1. The Balaban J connectivity index is 2.21. The molecule has 0 aliphatic carbocycles. The molecule has 0 spiro atoms. The molecule has 1 heterocycles. The van der Waals surface area contributed by atoms with Gasteiger partial charge in [0.05, 0.1) is 0 Å². The number of aromatic nitrogens is 2. The van der Waals surface area contributed by atoms with E-state index in [0.29, 0.717) is 11.7 Å². The predicted octanol–water partition coefficient (Wildman–Crippen LogP) is 3.48. The Bertz CT molecular complexity index is 512. The quantitative estimate of drug-likeness (QED) is 0.822. The third kappa shape index (κ3) is 3.00. The van der Waals surface area contributed by atoms with Gasteiger partial charge in [-0.15, -0.1) is 0 Å². The zero-order valence-electron chi connectivity index (χ0n) is 9.81. The summed E-state index contributed by atoms with van der Waals surface area (Å²) in [5.41, 5.74) is 2.12. The molecule has 2 aromatic rings. The fourth-order valence-corrected chi connectivity index (χ4v) is 1.53. The fourth-order valence-electron chi connectivity index (χ4n) is 1.53. The second kappa shape index (κ2) is 4.91. The summed E-state index contributed by atoms with van der Waals surface area (Å²) in [6.07, 6.45) is 1.20. The van der Waals surface area contributed by atoms with Crippen LogP contribution in [0.15, 0.2) is 36.7 Å². The summed E-state index contributed by atoms with van der Waals surface area (Å²) in [5, 5.41) is 3.05. The molecule has 3 nitrogen and oxygen atoms in total. The van der Waals surface area contributed by atoms with Gasteiger partial charge in [-0.05, 0) is 23.6 Å². The summed E-state index contributed by atoms with van der Waals surface area (Å²) in [7, 11) is 0. The average Bonchev–Trinajstić information content (AvgIpc) is 2.29. The lowest BCUT2D eigenvalue weighted by Crippen LogP contribution is -1.97. The van der Waals surface area contributed by atoms with E-state index < -0.39 is 5.95 Å². The summed E-state index contributed by atoms with van der Waals surface area (Å²) in [5.74, 6) is 0.375. The van der Waals surface area contributed by atoms with Crippen LogP contribution >= 0.6 is 0 Å². The molecule has 0 atom stereocenters. The van der Waals surface area contributed by atoms with Crippen molar-refractivity contribution in [1.29, 1.82) is 0 Å². The zero-order valence-corrected chi connectivity index (χ0v) is 9.81. The maximum Gasteiger partial charge on any atom is 0.218 e. The van der Waals surface area contributed by atoms with Gasteiger partial charge < -0.3 is 5.32 Å². The summed E-state index contributed by atoms with van der Waals surface area (Å²) in [4.78, 5) is 7.36. The monoisotopic (exact) mass is 231 g/mol. The number of anilines is 2. The Labute approximate surface area is 99.7 Å². The molecule has 1 aromatic heterocycles. The third-order valence-corrected chi connectivity index (χ3v) is 2.46. The van der Waals surface area contributed by atoms with Crippen LogP contribution in [0.5, 0.6) is 0 Å². The summed E-state index contributed by atoms with van der Waals surface area (Å²) in [6, 6.07) is 9.25. The fraction of sp³-hybridized carbons (Fsp3) is 0.231. The lowest BCUT2D eigenvalue weighted by Gasteiger charge is -2.09. The number of halogens is 1. The van der Waals surface area contributed by atoms with E-state index in [0.717, 1.165) is 5.69 Å². The van der Waals surface area contributed by atoms with Gasteiger partial charge in [0.25, 0.3) is 0 Å². The van der Waals surface area contributed by atoms with Crippen molar-refractivity contribution in [2.45, 2.75) is 19.8 Å². The molecule has 88 valence electrons. The highest BCUT2D eigenvalue weighted by Gasteiger charge is 2.02. The first kappa shape index (κ1) is 11.5. The van der Waals surface area contributed by atoms with E-state index >= 15 is 0 Å². The minimum Gasteiger partial charge on any atom is -0.340 e. The molecule has 17 heavy (non-hydrogen) atoms. The van der Waals surface area contributed by atoms with E-state index in [1.807, 2.05) is 18.2 Å². The lowest BCUT2D eigenvalue weighted by atomic mass is 10.0. The molecule has 0 fully saturated rings. The highest BCUT2D eigenvalue weighted by Crippen LogP contribution is 2.20. The minimum absolute atomic E-state index is 0.457. The van der Waals surface area contributed by atoms with Crippen molar-refractivity contribution in [2.75, 3.05) is 5.32 Å². The Morgan fingerprint density at radius 2 is 2.00 bits per heavy atom. The van der Waals surface area contributed by atoms with Crippen LogP contribution in [0.4, 0.5) is 15.9 Å². The SMILES string of the molecule is CC(C)c1cccc(Nc2cc(F)ncn2)c1. The van der Waals surface area contributed by atoms with Gasteiger partial charge >= 0.3 is 0 Å². The molecular formula is C13H14FN3. The van der Waals surface area contributed by atoms with E-state index in [4.69, 9.17) is 0 Å². The second-order valence-electron chi connectivity index (χ2n) is 4.13. The van der Waals surface area contributed by atoms with Gasteiger partial charge in [-0.3, -0.25) is 0 Å². The first-order valence-electron chi connectivity index (χ1n) is 5.49. The van der Waals surface area contributed by atoms with E-state index in [1.165, 1.54) is 18.0 Å². The van der Waals surface area contributed by atoms with Crippen LogP contribution in [0.1, 0.15) is 25.3 Å². The number of benzene rings is 1. The highest BCUT2D eigenvalue weighted by molar-refractivity contribution is 5.56. The van der Waals surface area contributed by atoms with Gasteiger partial charge in [0.2, 0.25) is 5.95 Å². The van der Waals surface area contributed by atoms with Crippen molar-refractivity contribution in [3.8, 4) is 0 Å². The molecule has 0 bridgehead atoms. The van der Waals surface area contributed by atoms with E-state index in [9.17, 15) is 4.39 Å². The maximum absolute atomic E-state index is 12.9. The summed E-state index contributed by atoms with van der Waals surface area (Å²) >= 11 is 0. The van der Waals surface area contributed by atoms with E-state index in [2.05, 4.69) is 35.2 Å². The first-order chi connectivity index (χ1) is 8.15. The molecule has 0 amide bonds. The van der Waals surface area contributed by atoms with Crippen LogP contribution < -0.4 is 5.32 Å². The topological polar surface area (TPSA) is 37.8 Å². The predicted molar refractivity (Wildman–Crippen MR) is 65.8 cm³/mol. The maximum atomic E-state index is 12.9. The number of nitrogens with zero attached hydrogens (tertiary/aromatic N) is 2. The number of hydrogen-bond donors (Lipinski definition) is 1. The molecule has 0 aliphatic rings. The van der Waals surface area contributed by atoms with Crippen molar-refractivity contribution < 1.29 is 4.39 Å². The molecule has 2 rings (SSSR count). The number of rotatable bonds is 3. The zero-order chi connectivity index (χ0) is 12.3. The minimum atomic E-state index is -0.539. The third-order valence-electron chi connectivity index (χ3n) is 2.46. The second-order valence-corrected chi connectivity index (χ2v) is 4.13. The van der Waals surface area contributed by atoms with Crippen molar-refractivity contribution >= 4 is 11.5 Å². The van der Waals surface area contributed by atoms with Crippen molar-refractivity contribution in [3.63, 3.8) is 0 Å². The highest BCUT2D eigenvalue weighted by atomic mass is 19.1. The van der Waals surface area contributed by atoms with Crippen LogP contribution in [-0.2, 0) is 0 Å². The van der Waals surface area contributed by atoms with Gasteiger partial charge in [0.1, 0.15) is 12.1 Å². The average molecular weight is 231 g/mol. The smallest absolute Gasteiger partial charge is 0.218 e. The first-order valence-corrected chi connectivity index (χ1v) is 5.49. The van der Waals surface area contributed by atoms with Gasteiger partial charge in [-0.1, -0.05) is 26.0 Å². The normalized spacial score (nSPS) is 10.6. The molecule has 0 radical (unpaired) electrons. The lowest BCUT2D eigenvalue weighted by molar-refractivity contribution is 0.580. The molecular weight excluding hydrogens is 217 g/mol. The molecule has 0 unspecified atom stereocenters. The van der Waals surface area contributed by atoms with Gasteiger partial charge in [0.15, 0.2) is 0 Å². The van der Waals surface area contributed by atoms with E-state index in [-0.39, 0.29) is 0 Å².